The highest BCUT2D eigenvalue weighted by atomic mass is 19.4. The third-order valence-corrected chi connectivity index (χ3v) is 9.06. The van der Waals surface area contributed by atoms with E-state index in [1.54, 1.807) is 36.2 Å². The molecule has 0 aromatic heterocycles. The van der Waals surface area contributed by atoms with E-state index in [0.29, 0.717) is 49.4 Å². The molecule has 0 aliphatic carbocycles. The van der Waals surface area contributed by atoms with E-state index in [1.807, 2.05) is 6.07 Å². The van der Waals surface area contributed by atoms with Gasteiger partial charge in [0.1, 0.15) is 0 Å². The van der Waals surface area contributed by atoms with Crippen LogP contribution in [0.15, 0.2) is 84.9 Å². The van der Waals surface area contributed by atoms with Crippen molar-refractivity contribution in [3.8, 4) is 11.1 Å². The maximum absolute atomic E-state index is 13.5. The summed E-state index contributed by atoms with van der Waals surface area (Å²) < 4.78 is 45.1. The fraction of sp³-hybridized carbons (Fsp3) is 0.385. The Hall–Kier alpha value is -4.21. The van der Waals surface area contributed by atoms with Crippen molar-refractivity contribution >= 4 is 22.6 Å². The van der Waals surface area contributed by atoms with E-state index >= 15 is 0 Å². The van der Waals surface area contributed by atoms with Gasteiger partial charge in [-0.15, -0.1) is 0 Å². The van der Waals surface area contributed by atoms with Crippen LogP contribution >= 0.6 is 0 Å². The van der Waals surface area contributed by atoms with E-state index < -0.39 is 11.7 Å². The number of carbonyl (C=O) groups is 2. The van der Waals surface area contributed by atoms with Crippen molar-refractivity contribution in [1.82, 2.24) is 15.1 Å². The molecule has 9 heteroatoms. The van der Waals surface area contributed by atoms with Gasteiger partial charge in [0.2, 0.25) is 5.91 Å². The average molecular weight is 660 g/mol. The molecular weight excluding hydrogens is 615 g/mol. The van der Waals surface area contributed by atoms with Crippen LogP contribution in [0.1, 0.15) is 52.7 Å². The quantitative estimate of drug-likeness (QED) is 0.151. The molecule has 0 bridgehead atoms. The predicted octanol–water partition coefficient (Wildman–Crippen LogP) is 7.53. The number of ether oxygens (including phenoxy) is 1. The predicted molar refractivity (Wildman–Crippen MR) is 184 cm³/mol. The van der Waals surface area contributed by atoms with Crippen LogP contribution in [-0.2, 0) is 22.1 Å². The highest BCUT2D eigenvalue weighted by molar-refractivity contribution is 6.00. The molecule has 1 unspecified atom stereocenters. The summed E-state index contributed by atoms with van der Waals surface area (Å²) in [4.78, 5) is 29.9. The molecule has 1 aliphatic heterocycles. The number of carbonyl (C=O) groups excluding carboxylic acids is 2. The second-order valence-electron chi connectivity index (χ2n) is 12.6. The number of likely N-dealkylation sites (N-methyl/N-ethyl adjacent to an activating group) is 1. The maximum atomic E-state index is 13.5. The van der Waals surface area contributed by atoms with E-state index in [4.69, 9.17) is 4.74 Å². The van der Waals surface area contributed by atoms with Crippen LogP contribution in [0.4, 0.5) is 13.2 Å². The lowest BCUT2D eigenvalue weighted by atomic mass is 9.95. The van der Waals surface area contributed by atoms with Crippen molar-refractivity contribution < 1.29 is 27.5 Å². The number of unbranched alkanes of at least 4 members (excludes halogenated alkanes) is 1. The summed E-state index contributed by atoms with van der Waals surface area (Å²) in [6, 6.07) is 24.5. The molecule has 0 saturated carbocycles. The number of hydrogen-bond donors (Lipinski definition) is 1. The third kappa shape index (κ3) is 9.23. The van der Waals surface area contributed by atoms with Gasteiger partial charge >= 0.3 is 6.18 Å². The van der Waals surface area contributed by atoms with Crippen molar-refractivity contribution in [2.24, 2.45) is 0 Å². The second kappa shape index (κ2) is 16.3. The number of hydrogen-bond acceptors (Lipinski definition) is 4. The topological polar surface area (TPSA) is 61.9 Å². The van der Waals surface area contributed by atoms with Crippen LogP contribution in [-0.4, -0.2) is 74.1 Å². The molecule has 1 fully saturated rings. The summed E-state index contributed by atoms with van der Waals surface area (Å²) in [5.74, 6) is -0.124. The summed E-state index contributed by atoms with van der Waals surface area (Å²) in [5, 5.41) is 5.57. The van der Waals surface area contributed by atoms with Gasteiger partial charge in [-0.3, -0.25) is 14.5 Å². The van der Waals surface area contributed by atoms with Crippen LogP contribution in [0, 0.1) is 6.92 Å². The van der Waals surface area contributed by atoms with E-state index in [9.17, 15) is 22.8 Å². The molecule has 6 nitrogen and oxygen atoms in total. The molecule has 48 heavy (non-hydrogen) atoms. The van der Waals surface area contributed by atoms with Crippen molar-refractivity contribution in [3.63, 3.8) is 0 Å². The normalized spacial score (nSPS) is 15.4. The monoisotopic (exact) mass is 659 g/mol. The van der Waals surface area contributed by atoms with E-state index in [2.05, 4.69) is 47.5 Å². The number of rotatable bonds is 13. The fourth-order valence-electron chi connectivity index (χ4n) is 6.43. The van der Waals surface area contributed by atoms with Gasteiger partial charge in [-0.1, -0.05) is 66.7 Å². The average Bonchev–Trinajstić information content (AvgIpc) is 3.08. The first kappa shape index (κ1) is 35.1. The Morgan fingerprint density at radius 1 is 0.938 bits per heavy atom. The number of benzene rings is 4. The molecule has 2 amide bonds. The smallest absolute Gasteiger partial charge is 0.374 e. The number of aryl methyl sites for hydroxylation is 2. The first-order valence-electron chi connectivity index (χ1n) is 16.7. The summed E-state index contributed by atoms with van der Waals surface area (Å²) in [6.07, 6.45) is -0.548. The minimum Gasteiger partial charge on any atom is -0.374 e. The Morgan fingerprint density at radius 3 is 2.48 bits per heavy atom. The van der Waals surface area contributed by atoms with Gasteiger partial charge in [0.25, 0.3) is 5.91 Å². The van der Waals surface area contributed by atoms with Crippen molar-refractivity contribution in [1.29, 1.82) is 0 Å². The number of amides is 2. The number of alkyl halides is 3. The molecule has 4 aromatic carbocycles. The number of morpholine rings is 1. The molecule has 1 N–H and O–H groups in total. The summed E-state index contributed by atoms with van der Waals surface area (Å²) in [7, 11) is 1.72. The zero-order valence-electron chi connectivity index (χ0n) is 27.7. The summed E-state index contributed by atoms with van der Waals surface area (Å²) in [6.45, 7) is 6.13. The lowest BCUT2D eigenvalue weighted by Gasteiger charge is -2.35. The number of fused-ring (bicyclic) bond motifs is 1. The van der Waals surface area contributed by atoms with E-state index in [0.717, 1.165) is 50.9 Å². The van der Waals surface area contributed by atoms with Crippen molar-refractivity contribution in [2.45, 2.75) is 51.3 Å². The van der Waals surface area contributed by atoms with Gasteiger partial charge < -0.3 is 15.0 Å². The maximum Gasteiger partial charge on any atom is 0.416 e. The second-order valence-corrected chi connectivity index (χ2v) is 12.6. The Balaban J connectivity index is 1.02. The molecule has 5 rings (SSSR count). The fourth-order valence-corrected chi connectivity index (χ4v) is 6.43. The van der Waals surface area contributed by atoms with Crippen molar-refractivity contribution in [2.75, 3.05) is 46.4 Å². The highest BCUT2D eigenvalue weighted by Gasteiger charge is 2.30. The van der Waals surface area contributed by atoms with E-state index in [-0.39, 0.29) is 17.9 Å². The minimum atomic E-state index is -4.42. The Kier molecular flexibility index (Phi) is 11.9. The standard InChI is InChI=1S/C39H44F3N3O3/c1-28-16-17-29-10-3-4-11-34(29)33(28)14-9-15-37(46)43-22-7-8-23-45-24-25-48-32(27-45)26-44(2)38(47)36-13-6-5-12-35(36)30-18-20-31(21-19-30)39(40,41)42/h3-6,10-13,16-21,32H,7-9,14-15,22-27H2,1-2H3,(H,43,46). The zero-order chi connectivity index (χ0) is 34.1. The SMILES string of the molecule is Cc1ccc2ccccc2c1CCCC(=O)NCCCCN1CCOC(CN(C)C(=O)c2ccccc2-c2ccc(C(F)(F)F)cc2)C1. The lowest BCUT2D eigenvalue weighted by molar-refractivity contribution is -0.137. The summed E-state index contributed by atoms with van der Waals surface area (Å²) in [5.41, 5.74) is 3.42. The van der Waals surface area contributed by atoms with Crippen LogP contribution < -0.4 is 5.32 Å². The highest BCUT2D eigenvalue weighted by Crippen LogP contribution is 2.32. The number of nitrogens with zero attached hydrogens (tertiary/aromatic N) is 2. The molecule has 1 heterocycles. The molecule has 4 aromatic rings. The third-order valence-electron chi connectivity index (χ3n) is 9.06. The largest absolute Gasteiger partial charge is 0.416 e. The number of halogens is 3. The van der Waals surface area contributed by atoms with Gasteiger partial charge in [-0.05, 0) is 90.4 Å². The molecule has 1 atom stereocenters. The first-order valence-corrected chi connectivity index (χ1v) is 16.7. The van der Waals surface area contributed by atoms with Crippen LogP contribution in [0.25, 0.3) is 21.9 Å². The van der Waals surface area contributed by atoms with Gasteiger partial charge in [-0.2, -0.15) is 13.2 Å². The molecule has 1 aliphatic rings. The molecule has 0 spiro atoms. The van der Waals surface area contributed by atoms with Crippen LogP contribution in [0.5, 0.6) is 0 Å². The minimum absolute atomic E-state index is 0.0897. The Bertz CT molecular complexity index is 1690. The molecular formula is C39H44F3N3O3. The zero-order valence-corrected chi connectivity index (χ0v) is 27.7. The van der Waals surface area contributed by atoms with Gasteiger partial charge in [0.05, 0.1) is 18.3 Å². The van der Waals surface area contributed by atoms with E-state index in [1.165, 1.54) is 34.0 Å². The molecule has 1 saturated heterocycles. The molecule has 254 valence electrons. The molecule has 0 radical (unpaired) electrons. The number of nitrogens with one attached hydrogen (secondary N) is 1. The van der Waals surface area contributed by atoms with Crippen LogP contribution in [0.2, 0.25) is 0 Å². The van der Waals surface area contributed by atoms with Gasteiger partial charge in [-0.25, -0.2) is 0 Å². The lowest BCUT2D eigenvalue weighted by Crippen LogP contribution is -2.48. The van der Waals surface area contributed by atoms with Gasteiger partial charge in [0.15, 0.2) is 0 Å². The first-order chi connectivity index (χ1) is 23.1. The Labute approximate surface area is 280 Å². The van der Waals surface area contributed by atoms with Crippen LogP contribution in [0.3, 0.4) is 0 Å². The summed E-state index contributed by atoms with van der Waals surface area (Å²) >= 11 is 0. The Morgan fingerprint density at radius 2 is 1.69 bits per heavy atom. The van der Waals surface area contributed by atoms with Crippen molar-refractivity contribution in [3.05, 3.63) is 107 Å². The van der Waals surface area contributed by atoms with Gasteiger partial charge in [0, 0.05) is 45.2 Å².